The minimum atomic E-state index is -0.840. The van der Waals surface area contributed by atoms with E-state index in [2.05, 4.69) is 0 Å². The Kier molecular flexibility index (Phi) is 5.21. The topological polar surface area (TPSA) is 26.0 Å². The number of rotatable bonds is 2. The molecule has 1 rings (SSSR count). The van der Waals surface area contributed by atoms with E-state index in [1.54, 1.807) is 0 Å². The van der Waals surface area contributed by atoms with Crippen LogP contribution in [0.1, 0.15) is 11.6 Å². The second-order valence-electron chi connectivity index (χ2n) is 2.43. The summed E-state index contributed by atoms with van der Waals surface area (Å²) < 4.78 is 24.7. The van der Waals surface area contributed by atoms with Gasteiger partial charge in [0.25, 0.3) is 0 Å². The molecule has 1 atom stereocenters. The Balaban J connectivity index is 0.00000144. The fourth-order valence-corrected chi connectivity index (χ4v) is 1.14. The van der Waals surface area contributed by atoms with Crippen molar-refractivity contribution < 1.29 is 8.78 Å². The molecule has 0 bridgehead atoms. The first kappa shape index (κ1) is 12.6. The Hall–Kier alpha value is -0.380. The normalized spacial score (nSPS) is 12.0. The lowest BCUT2D eigenvalue weighted by Crippen LogP contribution is -2.12. The second-order valence-corrected chi connectivity index (χ2v) is 2.83. The molecule has 0 unspecified atom stereocenters. The molecule has 0 aromatic heterocycles. The van der Waals surface area contributed by atoms with Crippen molar-refractivity contribution in [1.29, 1.82) is 0 Å². The molecule has 1 aromatic rings. The Bertz CT molecular complexity index is 281. The maximum atomic E-state index is 12.6. The maximum Gasteiger partial charge on any atom is 0.123 e. The number of alkyl halides is 1. The first-order valence-electron chi connectivity index (χ1n) is 3.41. The molecule has 1 nitrogen and oxygen atoms in total. The highest BCUT2D eigenvalue weighted by atomic mass is 35.5. The highest BCUT2D eigenvalue weighted by Gasteiger charge is 2.10. The van der Waals surface area contributed by atoms with Gasteiger partial charge in [0.15, 0.2) is 0 Å². The number of nitrogens with two attached hydrogens (primary N) is 1. The first-order chi connectivity index (χ1) is 5.65. The second kappa shape index (κ2) is 5.37. The van der Waals surface area contributed by atoms with Crippen molar-refractivity contribution in [3.63, 3.8) is 0 Å². The van der Waals surface area contributed by atoms with Gasteiger partial charge >= 0.3 is 0 Å². The number of benzene rings is 1. The Morgan fingerprint density at radius 3 is 2.62 bits per heavy atom. The average molecular weight is 228 g/mol. The lowest BCUT2D eigenvalue weighted by Gasteiger charge is -2.08. The van der Waals surface area contributed by atoms with Gasteiger partial charge in [-0.15, -0.1) is 12.4 Å². The zero-order chi connectivity index (χ0) is 9.14. The van der Waals surface area contributed by atoms with Crippen LogP contribution in [-0.2, 0) is 0 Å². The lowest BCUT2D eigenvalue weighted by molar-refractivity contribution is 0.436. The van der Waals surface area contributed by atoms with Gasteiger partial charge in [-0.25, -0.2) is 8.78 Å². The molecule has 74 valence electrons. The molecule has 0 amide bonds. The van der Waals surface area contributed by atoms with Crippen LogP contribution in [0.2, 0.25) is 5.02 Å². The van der Waals surface area contributed by atoms with Crippen LogP contribution in [0, 0.1) is 5.82 Å². The van der Waals surface area contributed by atoms with Crippen molar-refractivity contribution in [2.45, 2.75) is 6.04 Å². The zero-order valence-electron chi connectivity index (χ0n) is 6.64. The molecular formula is C8H9Cl2F2N. The van der Waals surface area contributed by atoms with Gasteiger partial charge < -0.3 is 5.73 Å². The van der Waals surface area contributed by atoms with Gasteiger partial charge in [-0.3, -0.25) is 0 Å². The molecule has 0 aliphatic heterocycles. The standard InChI is InChI=1S/C8H8ClF2N.ClH/c9-7-2-1-5(11)3-6(7)8(12)4-10;/h1-3,8H,4,12H2;1H/t8-;/m0./s1. The molecule has 0 aliphatic carbocycles. The van der Waals surface area contributed by atoms with E-state index in [4.69, 9.17) is 17.3 Å². The molecule has 0 saturated heterocycles. The van der Waals surface area contributed by atoms with E-state index in [0.29, 0.717) is 10.6 Å². The van der Waals surface area contributed by atoms with Crippen LogP contribution in [0.3, 0.4) is 0 Å². The van der Waals surface area contributed by atoms with Crippen molar-refractivity contribution in [2.24, 2.45) is 5.73 Å². The van der Waals surface area contributed by atoms with E-state index >= 15 is 0 Å². The maximum absolute atomic E-state index is 12.6. The van der Waals surface area contributed by atoms with E-state index in [1.165, 1.54) is 12.1 Å². The summed E-state index contributed by atoms with van der Waals surface area (Å²) in [5, 5.41) is 0.293. The van der Waals surface area contributed by atoms with Crippen LogP contribution in [0.15, 0.2) is 18.2 Å². The third-order valence-electron chi connectivity index (χ3n) is 1.52. The van der Waals surface area contributed by atoms with Crippen LogP contribution in [0.25, 0.3) is 0 Å². The van der Waals surface area contributed by atoms with Gasteiger partial charge in [-0.1, -0.05) is 11.6 Å². The first-order valence-corrected chi connectivity index (χ1v) is 3.79. The van der Waals surface area contributed by atoms with E-state index in [0.717, 1.165) is 6.07 Å². The largest absolute Gasteiger partial charge is 0.322 e. The summed E-state index contributed by atoms with van der Waals surface area (Å²) in [7, 11) is 0. The summed E-state index contributed by atoms with van der Waals surface area (Å²) in [6, 6.07) is 2.87. The summed E-state index contributed by atoms with van der Waals surface area (Å²) in [6.45, 7) is -0.747. The van der Waals surface area contributed by atoms with Gasteiger partial charge in [-0.05, 0) is 23.8 Å². The molecule has 5 heteroatoms. The SMILES string of the molecule is Cl.N[C@@H](CF)c1cc(F)ccc1Cl. The van der Waals surface area contributed by atoms with Crippen LogP contribution in [0.4, 0.5) is 8.78 Å². The van der Waals surface area contributed by atoms with Crippen molar-refractivity contribution in [3.8, 4) is 0 Å². The minimum absolute atomic E-state index is 0. The summed E-state index contributed by atoms with van der Waals surface area (Å²) in [4.78, 5) is 0. The molecule has 2 N–H and O–H groups in total. The van der Waals surface area contributed by atoms with Crippen LogP contribution in [0.5, 0.6) is 0 Å². The van der Waals surface area contributed by atoms with Gasteiger partial charge in [0, 0.05) is 5.02 Å². The molecular weight excluding hydrogens is 219 g/mol. The van der Waals surface area contributed by atoms with E-state index in [1.807, 2.05) is 0 Å². The number of hydrogen-bond acceptors (Lipinski definition) is 1. The molecule has 0 fully saturated rings. The quantitative estimate of drug-likeness (QED) is 0.827. The summed E-state index contributed by atoms with van der Waals surface area (Å²) in [5.74, 6) is -0.460. The molecule has 13 heavy (non-hydrogen) atoms. The van der Waals surface area contributed by atoms with E-state index in [9.17, 15) is 8.78 Å². The van der Waals surface area contributed by atoms with Crippen LogP contribution < -0.4 is 5.73 Å². The molecule has 0 aliphatic rings. The Morgan fingerprint density at radius 1 is 1.46 bits per heavy atom. The van der Waals surface area contributed by atoms with Gasteiger partial charge in [-0.2, -0.15) is 0 Å². The predicted octanol–water partition coefficient (Wildman–Crippen LogP) is 2.87. The number of hydrogen-bond donors (Lipinski definition) is 1. The monoisotopic (exact) mass is 227 g/mol. The molecule has 0 heterocycles. The predicted molar refractivity (Wildman–Crippen MR) is 51.6 cm³/mol. The smallest absolute Gasteiger partial charge is 0.123 e. The van der Waals surface area contributed by atoms with E-state index in [-0.39, 0.29) is 12.4 Å². The number of halogens is 4. The Morgan fingerprint density at radius 2 is 2.08 bits per heavy atom. The third-order valence-corrected chi connectivity index (χ3v) is 1.87. The van der Waals surface area contributed by atoms with Crippen LogP contribution >= 0.6 is 24.0 Å². The molecule has 0 spiro atoms. The summed E-state index contributed by atoms with van der Waals surface area (Å²) in [6.07, 6.45) is 0. The molecule has 0 radical (unpaired) electrons. The minimum Gasteiger partial charge on any atom is -0.322 e. The van der Waals surface area contributed by atoms with Crippen LogP contribution in [-0.4, -0.2) is 6.67 Å². The van der Waals surface area contributed by atoms with E-state index < -0.39 is 18.5 Å². The van der Waals surface area contributed by atoms with Crippen molar-refractivity contribution in [1.82, 2.24) is 0 Å². The van der Waals surface area contributed by atoms with Crippen molar-refractivity contribution in [3.05, 3.63) is 34.6 Å². The Labute approximate surface area is 86.3 Å². The summed E-state index contributed by atoms with van der Waals surface area (Å²) >= 11 is 5.66. The third kappa shape index (κ3) is 3.10. The fraction of sp³-hybridized carbons (Fsp3) is 0.250. The van der Waals surface area contributed by atoms with Gasteiger partial charge in [0.05, 0.1) is 6.04 Å². The van der Waals surface area contributed by atoms with Crippen molar-refractivity contribution >= 4 is 24.0 Å². The fourth-order valence-electron chi connectivity index (χ4n) is 0.882. The van der Waals surface area contributed by atoms with Gasteiger partial charge in [0.2, 0.25) is 0 Å². The van der Waals surface area contributed by atoms with Gasteiger partial charge in [0.1, 0.15) is 12.5 Å². The highest BCUT2D eigenvalue weighted by Crippen LogP contribution is 2.22. The lowest BCUT2D eigenvalue weighted by atomic mass is 10.1. The zero-order valence-corrected chi connectivity index (χ0v) is 8.21. The highest BCUT2D eigenvalue weighted by molar-refractivity contribution is 6.31. The van der Waals surface area contributed by atoms with Crippen molar-refractivity contribution in [2.75, 3.05) is 6.67 Å². The summed E-state index contributed by atoms with van der Waals surface area (Å²) in [5.41, 5.74) is 5.64. The average Bonchev–Trinajstić information content (AvgIpc) is 2.08. The molecule has 1 aromatic carbocycles. The molecule has 0 saturated carbocycles.